The highest BCUT2D eigenvalue weighted by molar-refractivity contribution is 7.99. The van der Waals surface area contributed by atoms with Crippen LogP contribution in [-0.4, -0.2) is 24.7 Å². The van der Waals surface area contributed by atoms with Gasteiger partial charge in [-0.3, -0.25) is 0 Å². The first-order chi connectivity index (χ1) is 8.08. The van der Waals surface area contributed by atoms with E-state index in [-0.39, 0.29) is 11.8 Å². The average Bonchev–Trinajstić information content (AvgIpc) is 2.30. The van der Waals surface area contributed by atoms with E-state index in [0.717, 1.165) is 11.5 Å². The molecule has 96 valence electrons. The van der Waals surface area contributed by atoms with Crippen LogP contribution in [0, 0.1) is 5.82 Å². The number of nitrogens with two attached hydrogens (primary N) is 1. The van der Waals surface area contributed by atoms with Crippen molar-refractivity contribution in [1.29, 1.82) is 0 Å². The van der Waals surface area contributed by atoms with E-state index in [4.69, 9.17) is 10.5 Å². The molecular weight excluding hydrogens is 239 g/mol. The Labute approximate surface area is 106 Å². The Morgan fingerprint density at radius 3 is 2.82 bits per heavy atom. The van der Waals surface area contributed by atoms with Gasteiger partial charge in [-0.15, -0.1) is 0 Å². The molecule has 0 fully saturated rings. The van der Waals surface area contributed by atoms with E-state index in [1.165, 1.54) is 13.2 Å². The molecule has 0 aliphatic rings. The van der Waals surface area contributed by atoms with E-state index in [1.807, 2.05) is 11.8 Å². The molecule has 0 radical (unpaired) electrons. The van der Waals surface area contributed by atoms with E-state index >= 15 is 0 Å². The lowest BCUT2D eigenvalue weighted by Crippen LogP contribution is -2.19. The van der Waals surface area contributed by atoms with Crippen LogP contribution in [0.25, 0.3) is 0 Å². The largest absolute Gasteiger partial charge is 0.494 e. The number of nitrogens with one attached hydrogen (secondary N) is 1. The molecule has 0 saturated carbocycles. The SMILES string of the molecule is CCSCC(C)Nc1cc(OC)c(F)cc1N. The van der Waals surface area contributed by atoms with Crippen LogP contribution in [0.1, 0.15) is 13.8 Å². The van der Waals surface area contributed by atoms with Gasteiger partial charge in [0.15, 0.2) is 11.6 Å². The highest BCUT2D eigenvalue weighted by Gasteiger charge is 2.10. The number of hydrogen-bond acceptors (Lipinski definition) is 4. The fourth-order valence-electron chi connectivity index (χ4n) is 1.45. The van der Waals surface area contributed by atoms with Crippen molar-refractivity contribution < 1.29 is 9.13 Å². The van der Waals surface area contributed by atoms with E-state index in [9.17, 15) is 4.39 Å². The van der Waals surface area contributed by atoms with Crippen LogP contribution >= 0.6 is 11.8 Å². The van der Waals surface area contributed by atoms with E-state index in [0.29, 0.717) is 11.4 Å². The number of hydrogen-bond donors (Lipinski definition) is 2. The molecule has 1 unspecified atom stereocenters. The van der Waals surface area contributed by atoms with Gasteiger partial charge in [-0.25, -0.2) is 4.39 Å². The van der Waals surface area contributed by atoms with Crippen LogP contribution in [0.4, 0.5) is 15.8 Å². The number of rotatable bonds is 6. The van der Waals surface area contributed by atoms with E-state index in [1.54, 1.807) is 6.07 Å². The zero-order valence-corrected chi connectivity index (χ0v) is 11.2. The van der Waals surface area contributed by atoms with Crippen LogP contribution in [0.2, 0.25) is 0 Å². The summed E-state index contributed by atoms with van der Waals surface area (Å²) in [7, 11) is 1.44. The lowest BCUT2D eigenvalue weighted by molar-refractivity contribution is 0.387. The average molecular weight is 258 g/mol. The standard InChI is InChI=1S/C12H19FN2OS/c1-4-17-7-8(2)15-11-6-12(16-3)9(13)5-10(11)14/h5-6,8,15H,4,7,14H2,1-3H3. The van der Waals surface area contributed by atoms with Crippen molar-refractivity contribution in [2.24, 2.45) is 0 Å². The van der Waals surface area contributed by atoms with Crippen molar-refractivity contribution in [3.8, 4) is 5.75 Å². The van der Waals surface area contributed by atoms with Gasteiger partial charge in [0, 0.05) is 23.9 Å². The number of benzene rings is 1. The molecule has 1 atom stereocenters. The van der Waals surface area contributed by atoms with Crippen molar-refractivity contribution in [2.75, 3.05) is 29.7 Å². The Morgan fingerprint density at radius 1 is 1.53 bits per heavy atom. The fraction of sp³-hybridized carbons (Fsp3) is 0.500. The molecule has 17 heavy (non-hydrogen) atoms. The van der Waals surface area contributed by atoms with Crippen molar-refractivity contribution in [3.05, 3.63) is 17.9 Å². The maximum absolute atomic E-state index is 13.3. The Hall–Kier alpha value is -1.10. The van der Waals surface area contributed by atoms with E-state index in [2.05, 4.69) is 19.2 Å². The van der Waals surface area contributed by atoms with Gasteiger partial charge in [-0.2, -0.15) is 11.8 Å². The number of ether oxygens (including phenoxy) is 1. The molecule has 1 aromatic carbocycles. The lowest BCUT2D eigenvalue weighted by Gasteiger charge is -2.17. The first-order valence-electron chi connectivity index (χ1n) is 5.55. The van der Waals surface area contributed by atoms with Crippen LogP contribution in [-0.2, 0) is 0 Å². The smallest absolute Gasteiger partial charge is 0.167 e. The summed E-state index contributed by atoms with van der Waals surface area (Å²) in [6, 6.07) is 3.15. The third-order valence-electron chi connectivity index (χ3n) is 2.30. The molecule has 0 saturated heterocycles. The maximum Gasteiger partial charge on any atom is 0.167 e. The summed E-state index contributed by atoms with van der Waals surface area (Å²) in [4.78, 5) is 0. The molecule has 1 rings (SSSR count). The van der Waals surface area contributed by atoms with Gasteiger partial charge >= 0.3 is 0 Å². The molecule has 1 aromatic rings. The van der Waals surface area contributed by atoms with Crippen molar-refractivity contribution in [3.63, 3.8) is 0 Å². The van der Waals surface area contributed by atoms with Gasteiger partial charge in [-0.05, 0) is 12.7 Å². The number of methoxy groups -OCH3 is 1. The molecule has 3 N–H and O–H groups in total. The summed E-state index contributed by atoms with van der Waals surface area (Å²) in [5.41, 5.74) is 6.87. The van der Waals surface area contributed by atoms with Gasteiger partial charge in [0.05, 0.1) is 18.5 Å². The topological polar surface area (TPSA) is 47.3 Å². The number of nitrogen functional groups attached to an aromatic ring is 1. The monoisotopic (exact) mass is 258 g/mol. The second-order valence-electron chi connectivity index (χ2n) is 3.78. The van der Waals surface area contributed by atoms with E-state index < -0.39 is 5.82 Å². The predicted molar refractivity (Wildman–Crippen MR) is 73.4 cm³/mol. The molecule has 0 heterocycles. The molecule has 0 aliphatic carbocycles. The maximum atomic E-state index is 13.3. The van der Waals surface area contributed by atoms with Gasteiger partial charge in [0.1, 0.15) is 0 Å². The highest BCUT2D eigenvalue weighted by Crippen LogP contribution is 2.28. The second-order valence-corrected chi connectivity index (χ2v) is 5.10. The summed E-state index contributed by atoms with van der Waals surface area (Å²) in [5, 5.41) is 3.25. The summed E-state index contributed by atoms with van der Waals surface area (Å²) >= 11 is 1.85. The normalized spacial score (nSPS) is 12.2. The zero-order chi connectivity index (χ0) is 12.8. The highest BCUT2D eigenvalue weighted by atomic mass is 32.2. The van der Waals surface area contributed by atoms with Crippen LogP contribution in [0.15, 0.2) is 12.1 Å². The summed E-state index contributed by atoms with van der Waals surface area (Å²) in [5.74, 6) is 1.83. The first kappa shape index (κ1) is 14.0. The molecular formula is C12H19FN2OS. The quantitative estimate of drug-likeness (QED) is 0.770. The fourth-order valence-corrected chi connectivity index (χ4v) is 2.12. The van der Waals surface area contributed by atoms with Crippen molar-refractivity contribution >= 4 is 23.1 Å². The molecule has 0 bridgehead atoms. The Bertz CT molecular complexity index is 374. The minimum absolute atomic E-state index is 0.206. The zero-order valence-electron chi connectivity index (χ0n) is 10.4. The van der Waals surface area contributed by atoms with Gasteiger partial charge in [0.2, 0.25) is 0 Å². The minimum Gasteiger partial charge on any atom is -0.494 e. The second kappa shape index (κ2) is 6.59. The lowest BCUT2D eigenvalue weighted by atomic mass is 10.2. The van der Waals surface area contributed by atoms with Gasteiger partial charge in [0.25, 0.3) is 0 Å². The molecule has 0 aromatic heterocycles. The number of thioether (sulfide) groups is 1. The Kier molecular flexibility index (Phi) is 5.41. The molecule has 0 spiro atoms. The summed E-state index contributed by atoms with van der Waals surface area (Å²) < 4.78 is 18.3. The third-order valence-corrected chi connectivity index (χ3v) is 3.44. The van der Waals surface area contributed by atoms with Gasteiger partial charge < -0.3 is 15.8 Å². The summed E-state index contributed by atoms with van der Waals surface area (Å²) in [6.45, 7) is 4.19. The van der Waals surface area contributed by atoms with Crippen molar-refractivity contribution in [2.45, 2.75) is 19.9 Å². The molecule has 0 aliphatic heterocycles. The minimum atomic E-state index is -0.439. The molecule has 0 amide bonds. The van der Waals surface area contributed by atoms with Crippen LogP contribution in [0.5, 0.6) is 5.75 Å². The first-order valence-corrected chi connectivity index (χ1v) is 6.71. The van der Waals surface area contributed by atoms with Gasteiger partial charge in [-0.1, -0.05) is 6.92 Å². The number of anilines is 2. The molecule has 5 heteroatoms. The summed E-state index contributed by atoms with van der Waals surface area (Å²) in [6.07, 6.45) is 0. The van der Waals surface area contributed by atoms with Crippen LogP contribution < -0.4 is 15.8 Å². The third kappa shape index (κ3) is 4.00. The Balaban J connectivity index is 2.76. The van der Waals surface area contributed by atoms with Crippen molar-refractivity contribution in [1.82, 2.24) is 0 Å². The van der Waals surface area contributed by atoms with Crippen LogP contribution in [0.3, 0.4) is 0 Å². The Morgan fingerprint density at radius 2 is 2.24 bits per heavy atom. The predicted octanol–water partition coefficient (Wildman–Crippen LogP) is 2.97. The number of halogens is 1. The molecule has 3 nitrogen and oxygen atoms in total.